The molecule has 2 aromatic rings. The van der Waals surface area contributed by atoms with Crippen LogP contribution in [-0.2, 0) is 6.42 Å². The van der Waals surface area contributed by atoms with Crippen LogP contribution in [-0.4, -0.2) is 30.6 Å². The maximum Gasteiger partial charge on any atom is 0.105 e. The molecule has 0 heterocycles. The first kappa shape index (κ1) is 15.0. The summed E-state index contributed by atoms with van der Waals surface area (Å²) in [5, 5.41) is 10.8. The molecule has 1 aliphatic carbocycles. The van der Waals surface area contributed by atoms with Crippen LogP contribution in [0.15, 0.2) is 42.5 Å². The molecule has 1 aliphatic rings. The van der Waals surface area contributed by atoms with Crippen molar-refractivity contribution in [3.05, 3.63) is 70.3 Å². The first-order valence-corrected chi connectivity index (χ1v) is 7.88. The van der Waals surface area contributed by atoms with Gasteiger partial charge < -0.3 is 10.0 Å². The van der Waals surface area contributed by atoms with E-state index in [1.807, 2.05) is 24.3 Å². The second kappa shape index (κ2) is 6.47. The van der Waals surface area contributed by atoms with Gasteiger partial charge in [-0.2, -0.15) is 0 Å². The fraction of sp³-hybridized carbons (Fsp3) is 0.300. The zero-order valence-corrected chi connectivity index (χ0v) is 13.3. The zero-order chi connectivity index (χ0) is 15.5. The van der Waals surface area contributed by atoms with Crippen molar-refractivity contribution in [1.82, 2.24) is 4.90 Å². The third-order valence-corrected chi connectivity index (χ3v) is 4.30. The third kappa shape index (κ3) is 2.99. The van der Waals surface area contributed by atoms with Crippen molar-refractivity contribution in [3.63, 3.8) is 0 Å². The average molecular weight is 293 g/mol. The summed E-state index contributed by atoms with van der Waals surface area (Å²) in [6.07, 6.45) is 5.90. The monoisotopic (exact) mass is 293 g/mol. The third-order valence-electron chi connectivity index (χ3n) is 4.30. The lowest BCUT2D eigenvalue weighted by Crippen LogP contribution is -2.14. The number of fused-ring (bicyclic) bond motifs is 2. The predicted molar refractivity (Wildman–Crippen MR) is 92.7 cm³/mol. The largest absolute Gasteiger partial charge is 0.384 e. The molecule has 2 nitrogen and oxygen atoms in total. The van der Waals surface area contributed by atoms with Gasteiger partial charge in [-0.05, 0) is 61.3 Å². The molecule has 22 heavy (non-hydrogen) atoms. The van der Waals surface area contributed by atoms with Gasteiger partial charge in [0.1, 0.15) is 6.10 Å². The van der Waals surface area contributed by atoms with E-state index in [4.69, 9.17) is 0 Å². The Hall–Kier alpha value is -1.90. The topological polar surface area (TPSA) is 23.5 Å². The van der Waals surface area contributed by atoms with Crippen LogP contribution >= 0.6 is 0 Å². The van der Waals surface area contributed by atoms with Crippen LogP contribution in [0.3, 0.4) is 0 Å². The van der Waals surface area contributed by atoms with Gasteiger partial charge in [0, 0.05) is 0 Å². The molecule has 1 atom stereocenters. The molecular weight excluding hydrogens is 270 g/mol. The summed E-state index contributed by atoms with van der Waals surface area (Å²) in [4.78, 5) is 2.21. The summed E-state index contributed by atoms with van der Waals surface area (Å²) in [6.45, 7) is 1.08. The number of aliphatic hydroxyl groups is 1. The fourth-order valence-corrected chi connectivity index (χ4v) is 3.13. The minimum atomic E-state index is -0.546. The van der Waals surface area contributed by atoms with Gasteiger partial charge in [-0.25, -0.2) is 0 Å². The van der Waals surface area contributed by atoms with Crippen molar-refractivity contribution in [2.75, 3.05) is 20.6 Å². The minimum absolute atomic E-state index is 0.546. The minimum Gasteiger partial charge on any atom is -0.384 e. The van der Waals surface area contributed by atoms with Crippen LogP contribution in [0.4, 0.5) is 0 Å². The molecule has 0 spiro atoms. The number of aryl methyl sites for hydroxylation is 1. The molecule has 114 valence electrons. The van der Waals surface area contributed by atoms with Gasteiger partial charge >= 0.3 is 0 Å². The highest BCUT2D eigenvalue weighted by Crippen LogP contribution is 2.34. The lowest BCUT2D eigenvalue weighted by atomic mass is 9.92. The maximum atomic E-state index is 10.8. The van der Waals surface area contributed by atoms with Gasteiger partial charge in [0.25, 0.3) is 0 Å². The second-order valence-corrected chi connectivity index (χ2v) is 6.19. The maximum absolute atomic E-state index is 10.8. The Morgan fingerprint density at radius 3 is 2.55 bits per heavy atom. The molecule has 0 fully saturated rings. The highest BCUT2D eigenvalue weighted by atomic mass is 16.3. The molecule has 2 heteroatoms. The van der Waals surface area contributed by atoms with Crippen molar-refractivity contribution in [1.29, 1.82) is 0 Å². The van der Waals surface area contributed by atoms with Crippen molar-refractivity contribution in [2.24, 2.45) is 0 Å². The molecule has 0 aromatic heterocycles. The number of hydrogen-bond acceptors (Lipinski definition) is 2. The Kier molecular flexibility index (Phi) is 4.41. The van der Waals surface area contributed by atoms with Crippen molar-refractivity contribution in [3.8, 4) is 0 Å². The van der Waals surface area contributed by atoms with Gasteiger partial charge in [-0.3, -0.25) is 0 Å². The Labute approximate surface area is 132 Å². The van der Waals surface area contributed by atoms with Crippen LogP contribution in [0.25, 0.3) is 12.2 Å². The molecule has 3 rings (SSSR count). The second-order valence-electron chi connectivity index (χ2n) is 6.19. The van der Waals surface area contributed by atoms with E-state index in [-0.39, 0.29) is 0 Å². The molecule has 0 bridgehead atoms. The molecule has 0 saturated carbocycles. The summed E-state index contributed by atoms with van der Waals surface area (Å²) in [5.41, 5.74) is 5.62. The van der Waals surface area contributed by atoms with E-state index in [0.717, 1.165) is 36.1 Å². The molecule has 0 radical (unpaired) electrons. The quantitative estimate of drug-likeness (QED) is 0.928. The summed E-state index contributed by atoms with van der Waals surface area (Å²) >= 11 is 0. The Morgan fingerprint density at radius 2 is 1.73 bits per heavy atom. The zero-order valence-electron chi connectivity index (χ0n) is 13.3. The average Bonchev–Trinajstić information content (AvgIpc) is 2.66. The number of hydrogen-bond donors (Lipinski definition) is 1. The molecule has 1 unspecified atom stereocenters. The highest BCUT2D eigenvalue weighted by molar-refractivity contribution is 5.77. The van der Waals surface area contributed by atoms with Gasteiger partial charge in [-0.1, -0.05) is 54.6 Å². The SMILES string of the molecule is CN(C)CCCc1cccc2c1C=Cc1ccccc1C2O. The Balaban J connectivity index is 1.96. The molecular formula is C20H23NO. The molecule has 1 N–H and O–H groups in total. The first-order chi connectivity index (χ1) is 10.7. The summed E-state index contributed by atoms with van der Waals surface area (Å²) in [5.74, 6) is 0. The van der Waals surface area contributed by atoms with Crippen molar-refractivity contribution >= 4 is 12.2 Å². The van der Waals surface area contributed by atoms with E-state index < -0.39 is 6.10 Å². The smallest absolute Gasteiger partial charge is 0.105 e. The van der Waals surface area contributed by atoms with Gasteiger partial charge in [0.2, 0.25) is 0 Å². The van der Waals surface area contributed by atoms with E-state index in [2.05, 4.69) is 49.3 Å². The van der Waals surface area contributed by atoms with E-state index >= 15 is 0 Å². The molecule has 0 saturated heterocycles. The Bertz CT molecular complexity index is 688. The molecule has 0 aliphatic heterocycles. The van der Waals surface area contributed by atoms with Gasteiger partial charge in [0.05, 0.1) is 0 Å². The lowest BCUT2D eigenvalue weighted by molar-refractivity contribution is 0.220. The number of rotatable bonds is 4. The number of benzene rings is 2. The lowest BCUT2D eigenvalue weighted by Gasteiger charge is -2.17. The van der Waals surface area contributed by atoms with Crippen LogP contribution < -0.4 is 0 Å². The summed E-state index contributed by atoms with van der Waals surface area (Å²) in [6, 6.07) is 14.4. The van der Waals surface area contributed by atoms with Crippen LogP contribution in [0.2, 0.25) is 0 Å². The standard InChI is InChI=1S/C20H23NO/c1-21(2)14-6-9-15-8-5-11-19-17(15)13-12-16-7-3-4-10-18(16)20(19)22/h3-5,7-8,10-13,20,22H,6,9,14H2,1-2H3. The molecule has 0 amide bonds. The van der Waals surface area contributed by atoms with Gasteiger partial charge in [-0.15, -0.1) is 0 Å². The fourth-order valence-electron chi connectivity index (χ4n) is 3.13. The first-order valence-electron chi connectivity index (χ1n) is 7.88. The van der Waals surface area contributed by atoms with Gasteiger partial charge in [0.15, 0.2) is 0 Å². The number of nitrogens with zero attached hydrogens (tertiary/aromatic N) is 1. The summed E-state index contributed by atoms with van der Waals surface area (Å²) in [7, 11) is 4.21. The van der Waals surface area contributed by atoms with E-state index in [0.29, 0.717) is 0 Å². The van der Waals surface area contributed by atoms with Crippen molar-refractivity contribution in [2.45, 2.75) is 18.9 Å². The predicted octanol–water partition coefficient (Wildman–Crippen LogP) is 3.75. The van der Waals surface area contributed by atoms with E-state index in [9.17, 15) is 5.11 Å². The Morgan fingerprint density at radius 1 is 0.955 bits per heavy atom. The normalized spacial score (nSPS) is 16.3. The number of aliphatic hydroxyl groups excluding tert-OH is 1. The van der Waals surface area contributed by atoms with Crippen molar-refractivity contribution < 1.29 is 5.11 Å². The summed E-state index contributed by atoms with van der Waals surface area (Å²) < 4.78 is 0. The van der Waals surface area contributed by atoms with E-state index in [1.165, 1.54) is 11.1 Å². The molecule has 2 aromatic carbocycles. The van der Waals surface area contributed by atoms with E-state index in [1.54, 1.807) is 0 Å². The van der Waals surface area contributed by atoms with Crippen LogP contribution in [0, 0.1) is 0 Å². The highest BCUT2D eigenvalue weighted by Gasteiger charge is 2.20. The van der Waals surface area contributed by atoms with Crippen LogP contribution in [0.5, 0.6) is 0 Å². The van der Waals surface area contributed by atoms with Crippen LogP contribution in [0.1, 0.15) is 40.3 Å².